The van der Waals surface area contributed by atoms with Gasteiger partial charge in [0.25, 0.3) is 0 Å². The Bertz CT molecular complexity index is 717. The normalized spacial score (nSPS) is 14.1. The first-order valence-corrected chi connectivity index (χ1v) is 6.76. The molecule has 3 rings (SSSR count). The molecule has 0 bridgehead atoms. The second kappa shape index (κ2) is 5.09. The lowest BCUT2D eigenvalue weighted by atomic mass is 9.98. The van der Waals surface area contributed by atoms with Gasteiger partial charge in [0.15, 0.2) is 0 Å². The Labute approximate surface area is 121 Å². The van der Waals surface area contributed by atoms with E-state index in [1.807, 2.05) is 19.1 Å². The number of hydrogen-bond acceptors (Lipinski definition) is 3. The predicted molar refractivity (Wildman–Crippen MR) is 76.4 cm³/mol. The van der Waals surface area contributed by atoms with Crippen LogP contribution in [0.2, 0.25) is 0 Å². The van der Waals surface area contributed by atoms with Gasteiger partial charge in [-0.25, -0.2) is 4.79 Å². The van der Waals surface area contributed by atoms with E-state index in [2.05, 4.69) is 0 Å². The summed E-state index contributed by atoms with van der Waals surface area (Å²) in [6.45, 7) is 2.22. The molecule has 1 aliphatic rings. The standard InChI is InChI=1S/C16H15NO4/c1-10-2-5-13(21-10)9-17-14-6-3-12(16(19)20)8-11(14)4-7-15(17)18/h2-3,5-6,8H,4,7,9H2,1H3,(H,19,20). The molecule has 1 aromatic carbocycles. The number of amides is 1. The quantitative estimate of drug-likeness (QED) is 0.941. The molecule has 0 aliphatic carbocycles. The summed E-state index contributed by atoms with van der Waals surface area (Å²) in [6, 6.07) is 8.58. The first-order valence-electron chi connectivity index (χ1n) is 6.76. The summed E-state index contributed by atoms with van der Waals surface area (Å²) in [5, 5.41) is 9.05. The van der Waals surface area contributed by atoms with E-state index in [1.54, 1.807) is 17.0 Å². The van der Waals surface area contributed by atoms with Gasteiger partial charge in [-0.15, -0.1) is 0 Å². The summed E-state index contributed by atoms with van der Waals surface area (Å²) in [7, 11) is 0. The Morgan fingerprint density at radius 3 is 2.76 bits per heavy atom. The van der Waals surface area contributed by atoms with E-state index in [-0.39, 0.29) is 11.5 Å². The molecule has 5 nitrogen and oxygen atoms in total. The van der Waals surface area contributed by atoms with E-state index in [0.29, 0.717) is 19.4 Å². The van der Waals surface area contributed by atoms with Gasteiger partial charge in [0, 0.05) is 12.1 Å². The van der Waals surface area contributed by atoms with Gasteiger partial charge in [0.2, 0.25) is 5.91 Å². The van der Waals surface area contributed by atoms with Crippen LogP contribution in [0, 0.1) is 6.92 Å². The molecule has 2 heterocycles. The maximum Gasteiger partial charge on any atom is 0.335 e. The van der Waals surface area contributed by atoms with Crippen molar-refractivity contribution in [3.05, 3.63) is 53.0 Å². The fourth-order valence-electron chi connectivity index (χ4n) is 2.59. The van der Waals surface area contributed by atoms with E-state index >= 15 is 0 Å². The van der Waals surface area contributed by atoms with Crippen LogP contribution in [0.1, 0.15) is 33.9 Å². The molecule has 1 N–H and O–H groups in total. The Balaban J connectivity index is 1.95. The lowest BCUT2D eigenvalue weighted by molar-refractivity contribution is -0.119. The summed E-state index contributed by atoms with van der Waals surface area (Å²) >= 11 is 0. The average Bonchev–Trinajstić information content (AvgIpc) is 2.87. The van der Waals surface area contributed by atoms with Gasteiger partial charge < -0.3 is 14.4 Å². The Hall–Kier alpha value is -2.56. The molecule has 0 radical (unpaired) electrons. The van der Waals surface area contributed by atoms with Crippen molar-refractivity contribution in [3.63, 3.8) is 0 Å². The molecular formula is C16H15NO4. The lowest BCUT2D eigenvalue weighted by Crippen LogP contribution is -2.34. The average molecular weight is 285 g/mol. The first-order chi connectivity index (χ1) is 10.0. The van der Waals surface area contributed by atoms with Crippen LogP contribution in [-0.2, 0) is 17.8 Å². The molecule has 0 atom stereocenters. The van der Waals surface area contributed by atoms with E-state index in [4.69, 9.17) is 9.52 Å². The van der Waals surface area contributed by atoms with Crippen molar-refractivity contribution in [2.75, 3.05) is 4.90 Å². The van der Waals surface area contributed by atoms with Crippen LogP contribution in [0.4, 0.5) is 5.69 Å². The van der Waals surface area contributed by atoms with Gasteiger partial charge in [-0.2, -0.15) is 0 Å². The number of fused-ring (bicyclic) bond motifs is 1. The highest BCUT2D eigenvalue weighted by molar-refractivity contribution is 5.97. The van der Waals surface area contributed by atoms with E-state index in [9.17, 15) is 9.59 Å². The Morgan fingerprint density at radius 1 is 1.29 bits per heavy atom. The molecule has 1 aliphatic heterocycles. The van der Waals surface area contributed by atoms with Gasteiger partial charge in [-0.1, -0.05) is 0 Å². The summed E-state index contributed by atoms with van der Waals surface area (Å²) in [5.74, 6) is 0.592. The predicted octanol–water partition coefficient (Wildman–Crippen LogP) is 2.77. The van der Waals surface area contributed by atoms with Crippen LogP contribution in [0.3, 0.4) is 0 Å². The zero-order valence-electron chi connectivity index (χ0n) is 11.6. The molecule has 0 spiro atoms. The number of carbonyl (C=O) groups is 2. The van der Waals surface area contributed by atoms with Gasteiger partial charge >= 0.3 is 5.97 Å². The highest BCUT2D eigenvalue weighted by Crippen LogP contribution is 2.30. The van der Waals surface area contributed by atoms with E-state index in [1.165, 1.54) is 6.07 Å². The van der Waals surface area contributed by atoms with Crippen LogP contribution < -0.4 is 4.90 Å². The Kier molecular flexibility index (Phi) is 3.25. The number of carboxylic acid groups (broad SMARTS) is 1. The number of anilines is 1. The molecule has 0 saturated heterocycles. The van der Waals surface area contributed by atoms with E-state index in [0.717, 1.165) is 22.8 Å². The number of aromatic carboxylic acids is 1. The SMILES string of the molecule is Cc1ccc(CN2C(=O)CCc3cc(C(=O)O)ccc32)o1. The number of hydrogen-bond donors (Lipinski definition) is 1. The smallest absolute Gasteiger partial charge is 0.335 e. The number of carbonyl (C=O) groups excluding carboxylic acids is 1. The third-order valence-corrected chi connectivity index (χ3v) is 3.64. The van der Waals surface area contributed by atoms with Crippen molar-refractivity contribution in [1.29, 1.82) is 0 Å². The van der Waals surface area contributed by atoms with Gasteiger partial charge in [0.05, 0.1) is 12.1 Å². The number of carboxylic acids is 1. The molecule has 5 heteroatoms. The molecular weight excluding hydrogens is 270 g/mol. The summed E-state index contributed by atoms with van der Waals surface area (Å²) in [5.41, 5.74) is 1.90. The van der Waals surface area contributed by atoms with Crippen molar-refractivity contribution in [2.24, 2.45) is 0 Å². The molecule has 1 amide bonds. The maximum absolute atomic E-state index is 12.2. The second-order valence-corrected chi connectivity index (χ2v) is 5.14. The lowest BCUT2D eigenvalue weighted by Gasteiger charge is -2.29. The number of furan rings is 1. The monoisotopic (exact) mass is 285 g/mol. The highest BCUT2D eigenvalue weighted by Gasteiger charge is 2.25. The third-order valence-electron chi connectivity index (χ3n) is 3.64. The summed E-state index contributed by atoms with van der Waals surface area (Å²) < 4.78 is 5.52. The van der Waals surface area contributed by atoms with Crippen molar-refractivity contribution >= 4 is 17.6 Å². The van der Waals surface area contributed by atoms with E-state index < -0.39 is 5.97 Å². The molecule has 0 fully saturated rings. The van der Waals surface area contributed by atoms with Gasteiger partial charge in [0.1, 0.15) is 11.5 Å². The number of rotatable bonds is 3. The fourth-order valence-corrected chi connectivity index (χ4v) is 2.59. The van der Waals surface area contributed by atoms with Crippen molar-refractivity contribution < 1.29 is 19.1 Å². The molecule has 21 heavy (non-hydrogen) atoms. The summed E-state index contributed by atoms with van der Waals surface area (Å²) in [6.07, 6.45) is 0.957. The number of benzene rings is 1. The van der Waals surface area contributed by atoms with Crippen molar-refractivity contribution in [3.8, 4) is 0 Å². The minimum atomic E-state index is -0.956. The molecule has 1 aromatic heterocycles. The van der Waals surface area contributed by atoms with Gasteiger partial charge in [-0.05, 0) is 49.2 Å². The van der Waals surface area contributed by atoms with Crippen molar-refractivity contribution in [2.45, 2.75) is 26.3 Å². The highest BCUT2D eigenvalue weighted by atomic mass is 16.4. The minimum absolute atomic E-state index is 0.0274. The van der Waals surface area contributed by atoms with Crippen LogP contribution >= 0.6 is 0 Å². The molecule has 0 saturated carbocycles. The largest absolute Gasteiger partial charge is 0.478 e. The minimum Gasteiger partial charge on any atom is -0.478 e. The number of nitrogens with zero attached hydrogens (tertiary/aromatic N) is 1. The Morgan fingerprint density at radius 2 is 2.10 bits per heavy atom. The zero-order valence-corrected chi connectivity index (χ0v) is 11.6. The third kappa shape index (κ3) is 2.54. The molecule has 0 unspecified atom stereocenters. The molecule has 2 aromatic rings. The maximum atomic E-state index is 12.2. The van der Waals surface area contributed by atoms with Gasteiger partial charge in [-0.3, -0.25) is 4.79 Å². The van der Waals surface area contributed by atoms with Crippen LogP contribution in [-0.4, -0.2) is 17.0 Å². The van der Waals surface area contributed by atoms with Crippen molar-refractivity contribution in [1.82, 2.24) is 0 Å². The van der Waals surface area contributed by atoms with Crippen LogP contribution in [0.25, 0.3) is 0 Å². The van der Waals surface area contributed by atoms with Crippen LogP contribution in [0.15, 0.2) is 34.7 Å². The first kappa shape index (κ1) is 13.4. The van der Waals surface area contributed by atoms with Crippen LogP contribution in [0.5, 0.6) is 0 Å². The number of aryl methyl sites for hydroxylation is 2. The summed E-state index contributed by atoms with van der Waals surface area (Å²) in [4.78, 5) is 24.8. The second-order valence-electron chi connectivity index (χ2n) is 5.14. The fraction of sp³-hybridized carbons (Fsp3) is 0.250. The zero-order chi connectivity index (χ0) is 15.0. The topological polar surface area (TPSA) is 70.8 Å². The molecule has 108 valence electrons.